The number of benzene rings is 1. The summed E-state index contributed by atoms with van der Waals surface area (Å²) in [6.45, 7) is 0. The molecule has 0 spiro atoms. The van der Waals surface area contributed by atoms with Crippen LogP contribution in [0, 0.1) is 5.82 Å². The van der Waals surface area contributed by atoms with Crippen molar-refractivity contribution in [3.8, 4) is 0 Å². The molecule has 3 heteroatoms. The summed E-state index contributed by atoms with van der Waals surface area (Å²) < 4.78 is 14.1. The minimum Gasteiger partial charge on any atom is -0.205 e. The second-order valence-corrected chi connectivity index (χ2v) is 4.73. The zero-order valence-electron chi connectivity index (χ0n) is 7.49. The largest absolute Gasteiger partial charge is 0.205 e. The molecule has 0 amide bonds. The summed E-state index contributed by atoms with van der Waals surface area (Å²) in [5, 5.41) is 0.196. The fourth-order valence-corrected chi connectivity index (χ4v) is 2.58. The summed E-state index contributed by atoms with van der Waals surface area (Å²) in [6.07, 6.45) is 3.28. The van der Waals surface area contributed by atoms with Crippen LogP contribution in [0.1, 0.15) is 24.8 Å². The van der Waals surface area contributed by atoms with Gasteiger partial charge in [-0.2, -0.15) is 0 Å². The Labute approximate surface area is 95.9 Å². The summed E-state index contributed by atoms with van der Waals surface area (Å²) in [4.78, 5) is 0. The predicted molar refractivity (Wildman–Crippen MR) is 61.1 cm³/mol. The van der Waals surface area contributed by atoms with Gasteiger partial charge >= 0.3 is 0 Å². The van der Waals surface area contributed by atoms with Crippen molar-refractivity contribution in [1.29, 1.82) is 0 Å². The zero-order chi connectivity index (χ0) is 10.1. The van der Waals surface area contributed by atoms with Crippen LogP contribution < -0.4 is 0 Å². The van der Waals surface area contributed by atoms with E-state index in [0.29, 0.717) is 0 Å². The van der Waals surface area contributed by atoms with Gasteiger partial charge in [-0.25, -0.2) is 4.39 Å². The third kappa shape index (κ3) is 1.86. The maximum absolute atomic E-state index is 12.9. The van der Waals surface area contributed by atoms with Gasteiger partial charge in [0.05, 0.1) is 5.02 Å². The summed E-state index contributed by atoms with van der Waals surface area (Å²) in [7, 11) is 0. The first-order valence-corrected chi connectivity index (χ1v) is 5.68. The fourth-order valence-electron chi connectivity index (χ4n) is 1.69. The molecule has 1 aliphatic rings. The smallest absolute Gasteiger partial charge is 0.141 e. The van der Waals surface area contributed by atoms with Crippen molar-refractivity contribution in [3.63, 3.8) is 0 Å². The molecule has 0 N–H and O–H groups in total. The molecule has 0 heterocycles. The summed E-state index contributed by atoms with van der Waals surface area (Å²) >= 11 is 9.25. The molecule has 0 saturated heterocycles. The van der Waals surface area contributed by atoms with E-state index in [0.717, 1.165) is 24.8 Å². The van der Waals surface area contributed by atoms with Gasteiger partial charge < -0.3 is 0 Å². The number of hydrogen-bond donors (Lipinski definition) is 0. The maximum atomic E-state index is 12.9. The van der Waals surface area contributed by atoms with Crippen molar-refractivity contribution >= 4 is 33.1 Å². The molecule has 0 aromatic heterocycles. The highest BCUT2D eigenvalue weighted by molar-refractivity contribution is 9.11. The van der Waals surface area contributed by atoms with Crippen LogP contribution in [0.3, 0.4) is 0 Å². The number of halogens is 3. The Balaban J connectivity index is 2.42. The predicted octanol–water partition coefficient (Wildman–Crippen LogP) is 4.77. The monoisotopic (exact) mass is 274 g/mol. The molecular weight excluding hydrogens is 266 g/mol. The van der Waals surface area contributed by atoms with Crippen molar-refractivity contribution < 1.29 is 4.39 Å². The normalized spacial score (nSPS) is 16.5. The maximum Gasteiger partial charge on any atom is 0.141 e. The average molecular weight is 276 g/mol. The van der Waals surface area contributed by atoms with Gasteiger partial charge in [-0.1, -0.05) is 33.6 Å². The molecule has 0 saturated carbocycles. The Morgan fingerprint density at radius 1 is 1.29 bits per heavy atom. The van der Waals surface area contributed by atoms with E-state index >= 15 is 0 Å². The Bertz CT molecular complexity index is 398. The SMILES string of the molecule is Fc1ccc(C2=C(Br)CCC2)cc1Cl. The molecule has 1 aromatic rings. The lowest BCUT2D eigenvalue weighted by atomic mass is 10.1. The van der Waals surface area contributed by atoms with E-state index in [1.165, 1.54) is 16.1 Å². The second-order valence-electron chi connectivity index (χ2n) is 3.37. The van der Waals surface area contributed by atoms with Gasteiger partial charge in [0.2, 0.25) is 0 Å². The lowest BCUT2D eigenvalue weighted by Gasteiger charge is -2.04. The van der Waals surface area contributed by atoms with Crippen molar-refractivity contribution in [2.24, 2.45) is 0 Å². The van der Waals surface area contributed by atoms with Gasteiger partial charge in [-0.05, 0) is 47.0 Å². The van der Waals surface area contributed by atoms with Crippen molar-refractivity contribution in [1.82, 2.24) is 0 Å². The highest BCUT2D eigenvalue weighted by Crippen LogP contribution is 2.37. The molecule has 14 heavy (non-hydrogen) atoms. The van der Waals surface area contributed by atoms with Gasteiger partial charge in [-0.3, -0.25) is 0 Å². The van der Waals surface area contributed by atoms with Crippen LogP contribution in [-0.2, 0) is 0 Å². The highest BCUT2D eigenvalue weighted by Gasteiger charge is 2.14. The molecule has 0 fully saturated rings. The van der Waals surface area contributed by atoms with Crippen LogP contribution in [0.25, 0.3) is 5.57 Å². The van der Waals surface area contributed by atoms with Crippen molar-refractivity contribution in [3.05, 3.63) is 39.1 Å². The first-order valence-electron chi connectivity index (χ1n) is 4.51. The van der Waals surface area contributed by atoms with Crippen LogP contribution in [-0.4, -0.2) is 0 Å². The molecule has 74 valence electrons. The van der Waals surface area contributed by atoms with Gasteiger partial charge in [0.15, 0.2) is 0 Å². The number of hydrogen-bond acceptors (Lipinski definition) is 0. The van der Waals surface area contributed by atoms with Crippen LogP contribution in [0.2, 0.25) is 5.02 Å². The fraction of sp³-hybridized carbons (Fsp3) is 0.273. The Morgan fingerprint density at radius 3 is 2.64 bits per heavy atom. The molecule has 1 aliphatic carbocycles. The first kappa shape index (κ1) is 10.2. The molecule has 0 aliphatic heterocycles. The summed E-state index contributed by atoms with van der Waals surface area (Å²) in [6, 6.07) is 4.89. The lowest BCUT2D eigenvalue weighted by Crippen LogP contribution is -1.84. The molecule has 2 rings (SSSR count). The first-order chi connectivity index (χ1) is 6.68. The quantitative estimate of drug-likeness (QED) is 0.692. The molecule has 0 unspecified atom stereocenters. The third-order valence-electron chi connectivity index (χ3n) is 2.42. The minimum atomic E-state index is -0.356. The van der Waals surface area contributed by atoms with Gasteiger partial charge in [0, 0.05) is 0 Å². The van der Waals surface area contributed by atoms with E-state index in [-0.39, 0.29) is 10.8 Å². The molecule has 0 radical (unpaired) electrons. The van der Waals surface area contributed by atoms with Crippen molar-refractivity contribution in [2.45, 2.75) is 19.3 Å². The van der Waals surface area contributed by atoms with Crippen LogP contribution >= 0.6 is 27.5 Å². The standard InChI is InChI=1S/C11H9BrClF/c12-9-3-1-2-8(9)7-4-5-11(14)10(13)6-7/h4-6H,1-3H2. The second kappa shape index (κ2) is 4.03. The van der Waals surface area contributed by atoms with E-state index in [1.54, 1.807) is 12.1 Å². The Kier molecular flexibility index (Phi) is 2.93. The van der Waals surface area contributed by atoms with Gasteiger partial charge in [-0.15, -0.1) is 0 Å². The molecule has 1 aromatic carbocycles. The Morgan fingerprint density at radius 2 is 2.07 bits per heavy atom. The van der Waals surface area contributed by atoms with Gasteiger partial charge in [0.1, 0.15) is 5.82 Å². The van der Waals surface area contributed by atoms with E-state index in [2.05, 4.69) is 15.9 Å². The average Bonchev–Trinajstić information content (AvgIpc) is 2.57. The lowest BCUT2D eigenvalue weighted by molar-refractivity contribution is 0.628. The topological polar surface area (TPSA) is 0 Å². The minimum absolute atomic E-state index is 0.196. The molecule has 0 bridgehead atoms. The van der Waals surface area contributed by atoms with Crippen LogP contribution in [0.4, 0.5) is 4.39 Å². The summed E-state index contributed by atoms with van der Waals surface area (Å²) in [5.74, 6) is -0.356. The Hall–Kier alpha value is -0.340. The van der Waals surface area contributed by atoms with Crippen molar-refractivity contribution in [2.75, 3.05) is 0 Å². The number of rotatable bonds is 1. The van der Waals surface area contributed by atoms with E-state index < -0.39 is 0 Å². The van der Waals surface area contributed by atoms with E-state index in [1.807, 2.05) is 0 Å². The third-order valence-corrected chi connectivity index (χ3v) is 3.58. The number of allylic oxidation sites excluding steroid dienone is 2. The van der Waals surface area contributed by atoms with Gasteiger partial charge in [0.25, 0.3) is 0 Å². The van der Waals surface area contributed by atoms with E-state index in [9.17, 15) is 4.39 Å². The highest BCUT2D eigenvalue weighted by atomic mass is 79.9. The molecule has 0 atom stereocenters. The molecule has 0 nitrogen and oxygen atoms in total. The molecular formula is C11H9BrClF. The summed E-state index contributed by atoms with van der Waals surface area (Å²) in [5.41, 5.74) is 2.28. The van der Waals surface area contributed by atoms with E-state index in [4.69, 9.17) is 11.6 Å². The van der Waals surface area contributed by atoms with Crippen LogP contribution in [0.15, 0.2) is 22.7 Å². The zero-order valence-corrected chi connectivity index (χ0v) is 9.83. The van der Waals surface area contributed by atoms with Crippen LogP contribution in [0.5, 0.6) is 0 Å².